The zero-order valence-electron chi connectivity index (χ0n) is 33.0. The summed E-state index contributed by atoms with van der Waals surface area (Å²) in [6.45, 7) is 13.8. The summed E-state index contributed by atoms with van der Waals surface area (Å²) in [7, 11) is 0. The van der Waals surface area contributed by atoms with E-state index in [4.69, 9.17) is 5.73 Å². The van der Waals surface area contributed by atoms with Crippen LogP contribution in [0.5, 0.6) is 0 Å². The number of carbonyl (C=O) groups excluding carboxylic acids is 4. The van der Waals surface area contributed by atoms with Crippen molar-refractivity contribution in [2.45, 2.75) is 136 Å². The minimum Gasteiger partial charge on any atom is -0.465 e. The molecule has 2 aromatic carbocycles. The van der Waals surface area contributed by atoms with E-state index in [1.165, 1.54) is 11.1 Å². The number of carboxylic acid groups (broad SMARTS) is 1. The maximum Gasteiger partial charge on any atom is 0.409 e. The number of carbonyl (C=O) groups is 5. The third-order valence-corrected chi connectivity index (χ3v) is 14.3. The second kappa shape index (κ2) is 14.4. The number of anilines is 2. The first kappa shape index (κ1) is 39.4. The van der Waals surface area contributed by atoms with Crippen LogP contribution in [0.1, 0.15) is 122 Å². The van der Waals surface area contributed by atoms with Gasteiger partial charge in [-0.05, 0) is 133 Å². The summed E-state index contributed by atoms with van der Waals surface area (Å²) in [6.07, 6.45) is 6.88. The van der Waals surface area contributed by atoms with Gasteiger partial charge in [0, 0.05) is 11.4 Å². The first-order valence-electron chi connectivity index (χ1n) is 19.8. The Balaban J connectivity index is 1.20. The molecular weight excluding hydrogens is 683 g/mol. The van der Waals surface area contributed by atoms with Crippen molar-refractivity contribution in [2.24, 2.45) is 34.3 Å². The number of rotatable bonds is 8. The van der Waals surface area contributed by atoms with Crippen molar-refractivity contribution in [2.75, 3.05) is 10.6 Å². The van der Waals surface area contributed by atoms with Crippen LogP contribution in [-0.2, 0) is 42.8 Å². The van der Waals surface area contributed by atoms with Crippen molar-refractivity contribution in [3.8, 4) is 0 Å². The maximum absolute atomic E-state index is 14.6. The number of nitrogens with two attached hydrogens (primary N) is 1. The summed E-state index contributed by atoms with van der Waals surface area (Å²) in [5.74, 6) is -1.22. The number of hydrogen-bond donors (Lipinski definition) is 6. The highest BCUT2D eigenvalue weighted by molar-refractivity contribution is 6.01. The topological polar surface area (TPSA) is 180 Å². The van der Waals surface area contributed by atoms with Gasteiger partial charge in [-0.25, -0.2) is 4.79 Å². The summed E-state index contributed by atoms with van der Waals surface area (Å²) in [5.41, 5.74) is 9.50. The highest BCUT2D eigenvalue weighted by atomic mass is 16.4. The molecule has 0 saturated heterocycles. The van der Waals surface area contributed by atoms with Gasteiger partial charge in [0.2, 0.25) is 23.6 Å². The van der Waals surface area contributed by atoms with Gasteiger partial charge in [0.15, 0.2) is 0 Å². The summed E-state index contributed by atoms with van der Waals surface area (Å²) >= 11 is 0. The summed E-state index contributed by atoms with van der Waals surface area (Å²) < 4.78 is 0. The molecule has 2 fully saturated rings. The Morgan fingerprint density at radius 2 is 1.17 bits per heavy atom. The first-order chi connectivity index (χ1) is 25.3. The molecule has 0 aromatic heterocycles. The fraction of sp³-hybridized carbons (Fsp3) is 0.605. The van der Waals surface area contributed by atoms with Gasteiger partial charge < -0.3 is 21.5 Å². The van der Waals surface area contributed by atoms with Gasteiger partial charge in [0.1, 0.15) is 6.04 Å². The lowest BCUT2D eigenvalue weighted by Crippen LogP contribution is -2.60. The molecule has 7 N–H and O–H groups in total. The van der Waals surface area contributed by atoms with Crippen LogP contribution in [0.4, 0.5) is 16.2 Å². The van der Waals surface area contributed by atoms with E-state index < -0.39 is 29.0 Å². The second-order valence-corrected chi connectivity index (χ2v) is 18.0. The normalized spacial score (nSPS) is 31.0. The van der Waals surface area contributed by atoms with Crippen molar-refractivity contribution in [3.05, 3.63) is 58.7 Å². The van der Waals surface area contributed by atoms with E-state index in [2.05, 4.69) is 41.2 Å². The van der Waals surface area contributed by atoms with Crippen molar-refractivity contribution in [3.63, 3.8) is 0 Å². The van der Waals surface area contributed by atoms with Crippen LogP contribution in [0.15, 0.2) is 36.4 Å². The summed E-state index contributed by atoms with van der Waals surface area (Å²) in [5, 5.41) is 20.6. The van der Waals surface area contributed by atoms with Crippen LogP contribution < -0.4 is 27.0 Å². The van der Waals surface area contributed by atoms with Gasteiger partial charge in [-0.1, -0.05) is 66.5 Å². The highest BCUT2D eigenvalue weighted by Gasteiger charge is 2.58. The molecule has 4 aliphatic carbocycles. The quantitative estimate of drug-likeness (QED) is 0.166. The predicted octanol–water partition coefficient (Wildman–Crippen LogP) is 6.57. The molecule has 8 atom stereocenters. The van der Waals surface area contributed by atoms with Gasteiger partial charge in [-0.3, -0.25) is 29.8 Å². The number of amides is 5. The van der Waals surface area contributed by atoms with Crippen LogP contribution in [0, 0.1) is 28.6 Å². The third kappa shape index (κ3) is 6.81. The van der Waals surface area contributed by atoms with Crippen LogP contribution in [0.2, 0.25) is 0 Å². The number of imide groups is 1. The van der Waals surface area contributed by atoms with Gasteiger partial charge >= 0.3 is 6.09 Å². The third-order valence-electron chi connectivity index (χ3n) is 14.3. The molecule has 0 radical (unpaired) electrons. The first-order valence-corrected chi connectivity index (χ1v) is 19.8. The fourth-order valence-electron chi connectivity index (χ4n) is 11.1. The lowest BCUT2D eigenvalue weighted by atomic mass is 9.49. The van der Waals surface area contributed by atoms with Crippen molar-refractivity contribution in [1.29, 1.82) is 0 Å². The van der Waals surface area contributed by atoms with E-state index >= 15 is 0 Å². The summed E-state index contributed by atoms with van der Waals surface area (Å²) in [6, 6.07) is 10.2. The zero-order chi connectivity index (χ0) is 39.4. The van der Waals surface area contributed by atoms with E-state index in [0.29, 0.717) is 24.2 Å². The molecule has 54 heavy (non-hydrogen) atoms. The predicted molar refractivity (Wildman–Crippen MR) is 209 cm³/mol. The van der Waals surface area contributed by atoms with E-state index in [-0.39, 0.29) is 52.2 Å². The van der Waals surface area contributed by atoms with E-state index in [1.54, 1.807) is 13.0 Å². The van der Waals surface area contributed by atoms with E-state index in [1.807, 2.05) is 52.0 Å². The Bertz CT molecular complexity index is 1860. The van der Waals surface area contributed by atoms with Gasteiger partial charge in [-0.2, -0.15) is 0 Å². The van der Waals surface area contributed by atoms with Crippen LogP contribution in [0.25, 0.3) is 0 Å². The van der Waals surface area contributed by atoms with Gasteiger partial charge in [0.05, 0.1) is 16.9 Å². The molecule has 2 aromatic rings. The number of hydrogen-bond acceptors (Lipinski definition) is 6. The summed E-state index contributed by atoms with van der Waals surface area (Å²) in [4.78, 5) is 66.2. The smallest absolute Gasteiger partial charge is 0.409 e. The maximum atomic E-state index is 14.6. The molecule has 5 amide bonds. The lowest BCUT2D eigenvalue weighted by Gasteiger charge is -2.56. The molecular formula is C43H59N5O6. The number of aryl methyl sites for hydroxylation is 2. The van der Waals surface area contributed by atoms with Gasteiger partial charge in [-0.15, -0.1) is 0 Å². The number of fused-ring (bicyclic) bond motifs is 6. The second-order valence-electron chi connectivity index (χ2n) is 18.0. The molecule has 2 saturated carbocycles. The Morgan fingerprint density at radius 1 is 0.704 bits per heavy atom. The monoisotopic (exact) mass is 741 g/mol. The minimum atomic E-state index is -1.11. The lowest BCUT2D eigenvalue weighted by molar-refractivity contribution is -0.150. The molecule has 11 nitrogen and oxygen atoms in total. The molecule has 2 unspecified atom stereocenters. The van der Waals surface area contributed by atoms with Crippen molar-refractivity contribution >= 4 is 41.1 Å². The van der Waals surface area contributed by atoms with Gasteiger partial charge in [0.25, 0.3) is 0 Å². The van der Waals surface area contributed by atoms with E-state index in [9.17, 15) is 29.1 Å². The van der Waals surface area contributed by atoms with Crippen LogP contribution in [0.3, 0.4) is 0 Å². The van der Waals surface area contributed by atoms with Crippen molar-refractivity contribution in [1.82, 2.24) is 10.6 Å². The number of nitrogens with one attached hydrogen (secondary N) is 4. The van der Waals surface area contributed by atoms with Crippen LogP contribution >= 0.6 is 0 Å². The molecule has 0 aliphatic heterocycles. The Morgan fingerprint density at radius 3 is 1.61 bits per heavy atom. The molecule has 11 heteroatoms. The molecule has 6 rings (SSSR count). The Hall–Kier alpha value is -4.25. The average Bonchev–Trinajstić information content (AvgIpc) is 3.11. The molecule has 292 valence electrons. The van der Waals surface area contributed by atoms with Crippen LogP contribution in [-0.4, -0.2) is 46.9 Å². The van der Waals surface area contributed by atoms with Crippen molar-refractivity contribution < 1.29 is 29.1 Å². The number of benzene rings is 2. The molecule has 0 spiro atoms. The average molecular weight is 742 g/mol. The SMILES string of the molecule is CC(NC(=O)C(N)C(C)C)C(=O)Nc1ccc2c(c1)[C@@]1(C)CCC[C@](C)(C(=O)NC(=O)[C@@]3(C)CCC[C@]4(C)c5cc(NC(=O)O)ccc5CC[C@@H]34)[C@@H]1CC2. The largest absolute Gasteiger partial charge is 0.465 e. The van der Waals surface area contributed by atoms with E-state index in [0.717, 1.165) is 62.5 Å². The molecule has 4 aliphatic rings. The molecule has 0 bridgehead atoms. The minimum absolute atomic E-state index is 0.0123. The standard InChI is InChI=1S/C43H59N5O6/c1-24(2)34(44)36(50)45-25(3)35(49)46-28-14-10-26-12-16-32-40(4,30(26)22-28)18-8-20-42(32,6)37(51)48-38(52)43(7)21-9-19-41(5)31-23-29(47-39(53)54)15-11-27(31)13-17-33(41)43/h10-11,14-15,22-25,32-34,47H,8-9,12-13,16-21,44H2,1-7H3,(H,45,50)(H,46,49)(H,53,54)(H,48,51,52)/t25?,32-,33-,34?,40-,41-,42+,43+/m1/s1. The highest BCUT2D eigenvalue weighted by Crippen LogP contribution is 2.59. The zero-order valence-corrected chi connectivity index (χ0v) is 33.0. The Kier molecular flexibility index (Phi) is 10.5. The molecule has 0 heterocycles. The fourth-order valence-corrected chi connectivity index (χ4v) is 11.1. The Labute approximate surface area is 319 Å².